The van der Waals surface area contributed by atoms with E-state index in [4.69, 9.17) is 0 Å². The highest BCUT2D eigenvalue weighted by atomic mass is 79.9. The number of nitrogens with zero attached hydrogens (tertiary/aromatic N) is 1. The summed E-state index contributed by atoms with van der Waals surface area (Å²) in [6.45, 7) is 3.17. The number of carbonyl (C=O) groups is 1. The molecule has 0 bridgehead atoms. The van der Waals surface area contributed by atoms with E-state index in [-0.39, 0.29) is 0 Å². The highest BCUT2D eigenvalue weighted by Gasteiger charge is 2.25. The summed E-state index contributed by atoms with van der Waals surface area (Å²) in [5.41, 5.74) is 3.44. The van der Waals surface area contributed by atoms with E-state index in [9.17, 15) is 4.79 Å². The summed E-state index contributed by atoms with van der Waals surface area (Å²) in [7, 11) is 0. The van der Waals surface area contributed by atoms with Crippen LogP contribution in [0, 0.1) is 0 Å². The van der Waals surface area contributed by atoms with Crippen molar-refractivity contribution in [2.75, 3.05) is 0 Å². The third-order valence-corrected chi connectivity index (χ3v) is 4.63. The lowest BCUT2D eigenvalue weighted by molar-refractivity contribution is 0.0955. The zero-order chi connectivity index (χ0) is 13.4. The predicted molar refractivity (Wildman–Crippen MR) is 81.8 cm³/mol. The van der Waals surface area contributed by atoms with E-state index in [0.29, 0.717) is 12.2 Å². The standard InChI is InChI=1S/C16H18BrNO/c1-2-3-6-11-15-12(17)7-4-8-13(15)18-10-5-9-14(19)16(11)18/h4,7-8H,2-3,5-6,9-10H2,1H3. The first kappa shape index (κ1) is 12.9. The van der Waals surface area contributed by atoms with E-state index in [2.05, 4.69) is 45.6 Å². The smallest absolute Gasteiger partial charge is 0.179 e. The Morgan fingerprint density at radius 3 is 3.00 bits per heavy atom. The molecule has 0 N–H and O–H groups in total. The maximum Gasteiger partial charge on any atom is 0.179 e. The number of Topliss-reactive ketones (excluding diaryl/α,β-unsaturated/α-hetero) is 1. The van der Waals surface area contributed by atoms with Crippen molar-refractivity contribution in [2.24, 2.45) is 0 Å². The van der Waals surface area contributed by atoms with Crippen molar-refractivity contribution in [3.63, 3.8) is 0 Å². The third-order valence-electron chi connectivity index (χ3n) is 3.97. The molecule has 1 aliphatic heterocycles. The molecular formula is C16H18BrNO. The SMILES string of the molecule is CCCCc1c2n(c3cccc(Br)c13)CCCC2=O. The lowest BCUT2D eigenvalue weighted by Gasteiger charge is -2.16. The molecule has 0 atom stereocenters. The molecule has 0 unspecified atom stereocenters. The van der Waals surface area contributed by atoms with Crippen LogP contribution in [0.3, 0.4) is 0 Å². The predicted octanol–water partition coefficient (Wildman–Crippen LogP) is 4.72. The van der Waals surface area contributed by atoms with Crippen LogP contribution in [0.25, 0.3) is 10.9 Å². The fourth-order valence-corrected chi connectivity index (χ4v) is 3.70. The lowest BCUT2D eigenvalue weighted by atomic mass is 10.00. The number of aryl methyl sites for hydroxylation is 2. The fraction of sp³-hybridized carbons (Fsp3) is 0.438. The van der Waals surface area contributed by atoms with Gasteiger partial charge in [-0.1, -0.05) is 35.3 Å². The number of benzene rings is 1. The first-order valence-corrected chi connectivity index (χ1v) is 7.86. The fourth-order valence-electron chi connectivity index (χ4n) is 3.10. The lowest BCUT2D eigenvalue weighted by Crippen LogP contribution is -2.17. The summed E-state index contributed by atoms with van der Waals surface area (Å²) in [6, 6.07) is 6.27. The van der Waals surface area contributed by atoms with Crippen molar-refractivity contribution in [1.29, 1.82) is 0 Å². The third kappa shape index (κ3) is 2.04. The molecule has 1 aliphatic rings. The topological polar surface area (TPSA) is 22.0 Å². The summed E-state index contributed by atoms with van der Waals surface area (Å²) >= 11 is 3.66. The molecule has 0 radical (unpaired) electrons. The van der Waals surface area contributed by atoms with E-state index in [1.807, 2.05) is 0 Å². The van der Waals surface area contributed by atoms with Crippen LogP contribution in [0.4, 0.5) is 0 Å². The molecule has 1 aromatic heterocycles. The summed E-state index contributed by atoms with van der Waals surface area (Å²) in [5, 5.41) is 1.25. The molecule has 3 heteroatoms. The van der Waals surface area contributed by atoms with Crippen LogP contribution in [-0.4, -0.2) is 10.4 Å². The van der Waals surface area contributed by atoms with E-state index >= 15 is 0 Å². The molecule has 0 saturated carbocycles. The second kappa shape index (κ2) is 5.12. The number of ketones is 1. The summed E-state index contributed by atoms with van der Waals surface area (Å²) in [5.74, 6) is 0.320. The average Bonchev–Trinajstić information content (AvgIpc) is 2.73. The Labute approximate surface area is 121 Å². The van der Waals surface area contributed by atoms with Crippen molar-refractivity contribution in [1.82, 2.24) is 4.57 Å². The van der Waals surface area contributed by atoms with Crippen LogP contribution < -0.4 is 0 Å². The minimum atomic E-state index is 0.320. The zero-order valence-electron chi connectivity index (χ0n) is 11.2. The van der Waals surface area contributed by atoms with Crippen molar-refractivity contribution in [3.8, 4) is 0 Å². The molecule has 3 rings (SSSR count). The molecular weight excluding hydrogens is 302 g/mol. The van der Waals surface area contributed by atoms with E-state index in [0.717, 1.165) is 42.4 Å². The molecule has 0 saturated heterocycles. The van der Waals surface area contributed by atoms with Gasteiger partial charge in [0.2, 0.25) is 0 Å². The number of carbonyl (C=O) groups excluding carboxylic acids is 1. The number of hydrogen-bond donors (Lipinski definition) is 0. The van der Waals surface area contributed by atoms with Gasteiger partial charge in [-0.2, -0.15) is 0 Å². The highest BCUT2D eigenvalue weighted by molar-refractivity contribution is 9.10. The largest absolute Gasteiger partial charge is 0.338 e. The molecule has 0 amide bonds. The first-order valence-electron chi connectivity index (χ1n) is 7.06. The number of rotatable bonds is 3. The minimum Gasteiger partial charge on any atom is -0.338 e. The van der Waals surface area contributed by atoms with Gasteiger partial charge in [-0.15, -0.1) is 0 Å². The van der Waals surface area contributed by atoms with Crippen molar-refractivity contribution in [2.45, 2.75) is 45.6 Å². The monoisotopic (exact) mass is 319 g/mol. The molecule has 2 heterocycles. The van der Waals surface area contributed by atoms with Gasteiger partial charge in [0.1, 0.15) is 0 Å². The van der Waals surface area contributed by atoms with E-state index in [1.54, 1.807) is 0 Å². The summed E-state index contributed by atoms with van der Waals surface area (Å²) < 4.78 is 3.35. The molecule has 2 aromatic rings. The van der Waals surface area contributed by atoms with Crippen molar-refractivity contribution in [3.05, 3.63) is 33.9 Å². The average molecular weight is 320 g/mol. The summed E-state index contributed by atoms with van der Waals surface area (Å²) in [6.07, 6.45) is 4.97. The number of hydrogen-bond acceptors (Lipinski definition) is 1. The molecule has 0 fully saturated rings. The van der Waals surface area contributed by atoms with Gasteiger partial charge in [0, 0.05) is 28.3 Å². The van der Waals surface area contributed by atoms with Gasteiger partial charge < -0.3 is 4.57 Å². The Morgan fingerprint density at radius 2 is 2.21 bits per heavy atom. The van der Waals surface area contributed by atoms with Crippen LogP contribution in [-0.2, 0) is 13.0 Å². The molecule has 19 heavy (non-hydrogen) atoms. The number of fused-ring (bicyclic) bond motifs is 3. The quantitative estimate of drug-likeness (QED) is 0.802. The van der Waals surface area contributed by atoms with E-state index in [1.165, 1.54) is 16.5 Å². The molecule has 0 aliphatic carbocycles. The van der Waals surface area contributed by atoms with Crippen LogP contribution >= 0.6 is 15.9 Å². The Bertz CT molecular complexity index is 642. The second-order valence-corrected chi connectivity index (χ2v) is 6.10. The van der Waals surface area contributed by atoms with Gasteiger partial charge in [0.15, 0.2) is 5.78 Å². The maximum absolute atomic E-state index is 12.3. The van der Waals surface area contributed by atoms with Gasteiger partial charge in [0.05, 0.1) is 5.69 Å². The van der Waals surface area contributed by atoms with Gasteiger partial charge >= 0.3 is 0 Å². The molecule has 100 valence electrons. The molecule has 2 nitrogen and oxygen atoms in total. The Balaban J connectivity index is 2.30. The highest BCUT2D eigenvalue weighted by Crippen LogP contribution is 2.36. The zero-order valence-corrected chi connectivity index (χ0v) is 12.8. The minimum absolute atomic E-state index is 0.320. The number of unbranched alkanes of at least 4 members (excludes halogenated alkanes) is 1. The summed E-state index contributed by atoms with van der Waals surface area (Å²) in [4.78, 5) is 12.3. The normalized spacial score (nSPS) is 14.9. The van der Waals surface area contributed by atoms with Crippen molar-refractivity contribution < 1.29 is 4.79 Å². The van der Waals surface area contributed by atoms with Crippen LogP contribution in [0.15, 0.2) is 22.7 Å². The first-order chi connectivity index (χ1) is 9.24. The van der Waals surface area contributed by atoms with Crippen molar-refractivity contribution >= 4 is 32.6 Å². The van der Waals surface area contributed by atoms with Gasteiger partial charge in [0.25, 0.3) is 0 Å². The Hall–Kier alpha value is -1.09. The number of aromatic nitrogens is 1. The van der Waals surface area contributed by atoms with Crippen LogP contribution in [0.1, 0.15) is 48.7 Å². The van der Waals surface area contributed by atoms with Gasteiger partial charge in [-0.05, 0) is 37.0 Å². The second-order valence-electron chi connectivity index (χ2n) is 5.24. The Kier molecular flexibility index (Phi) is 3.48. The van der Waals surface area contributed by atoms with Gasteiger partial charge in [-0.3, -0.25) is 4.79 Å². The maximum atomic E-state index is 12.3. The molecule has 1 aromatic carbocycles. The van der Waals surface area contributed by atoms with Crippen LogP contribution in [0.2, 0.25) is 0 Å². The van der Waals surface area contributed by atoms with E-state index < -0.39 is 0 Å². The number of halogens is 1. The Morgan fingerprint density at radius 1 is 1.37 bits per heavy atom. The van der Waals surface area contributed by atoms with Gasteiger partial charge in [-0.25, -0.2) is 0 Å². The molecule has 0 spiro atoms. The van der Waals surface area contributed by atoms with Crippen LogP contribution in [0.5, 0.6) is 0 Å².